The molecule has 0 spiro atoms. The van der Waals surface area contributed by atoms with Crippen molar-refractivity contribution < 1.29 is 18.0 Å². The second kappa shape index (κ2) is 6.15. The minimum Gasteiger partial charge on any atom is -0.399 e. The summed E-state index contributed by atoms with van der Waals surface area (Å²) in [5.74, 6) is -0.0298. The summed E-state index contributed by atoms with van der Waals surface area (Å²) < 4.78 is 39.3. The lowest BCUT2D eigenvalue weighted by Gasteiger charge is -2.44. The Hall–Kier alpha value is -2.29. The molecule has 4 heterocycles. The number of nitrogens with zero attached hydrogens (tertiary/aromatic N) is 3. The number of amides is 1. The molecule has 1 amide bonds. The van der Waals surface area contributed by atoms with Gasteiger partial charge in [-0.15, -0.1) is 0 Å². The topological polar surface area (TPSA) is 76.2 Å². The van der Waals surface area contributed by atoms with Gasteiger partial charge in [-0.05, 0) is 50.0 Å². The molecule has 26 heavy (non-hydrogen) atoms. The van der Waals surface area contributed by atoms with Crippen LogP contribution in [-0.4, -0.2) is 52.4 Å². The van der Waals surface area contributed by atoms with Crippen LogP contribution in [0, 0.1) is 5.92 Å². The van der Waals surface area contributed by atoms with Gasteiger partial charge in [0.2, 0.25) is 0 Å². The van der Waals surface area contributed by atoms with E-state index in [4.69, 9.17) is 5.73 Å². The smallest absolute Gasteiger partial charge is 0.399 e. The lowest BCUT2D eigenvalue weighted by molar-refractivity contribution is -0.141. The van der Waals surface area contributed by atoms with Gasteiger partial charge in [0.1, 0.15) is 6.54 Å². The molecule has 3 fully saturated rings. The Bertz CT molecular complexity index is 839. The van der Waals surface area contributed by atoms with Crippen molar-refractivity contribution in [1.82, 2.24) is 20.0 Å². The molecule has 1 aromatic heterocycles. The van der Waals surface area contributed by atoms with Gasteiger partial charge in [0.15, 0.2) is 5.69 Å². The maximum absolute atomic E-state index is 12.8. The number of hydrogen-bond donors (Lipinski definition) is 2. The summed E-state index contributed by atoms with van der Waals surface area (Å²) >= 11 is 0. The van der Waals surface area contributed by atoms with Gasteiger partial charge < -0.3 is 16.0 Å². The largest absolute Gasteiger partial charge is 0.408 e. The Morgan fingerprint density at radius 1 is 1.31 bits per heavy atom. The first-order valence-corrected chi connectivity index (χ1v) is 8.66. The number of hydrogen-bond acceptors (Lipinski definition) is 4. The van der Waals surface area contributed by atoms with Crippen LogP contribution in [0.15, 0.2) is 18.2 Å². The maximum Gasteiger partial charge on any atom is 0.408 e. The normalized spacial score (nSPS) is 25.6. The van der Waals surface area contributed by atoms with Gasteiger partial charge in [0, 0.05) is 23.7 Å². The van der Waals surface area contributed by atoms with Crippen molar-refractivity contribution in [1.29, 1.82) is 0 Å². The Labute approximate surface area is 148 Å². The highest BCUT2D eigenvalue weighted by atomic mass is 19.4. The van der Waals surface area contributed by atoms with Gasteiger partial charge in [0.25, 0.3) is 5.91 Å². The SMILES string of the molecule is Nc1ccc2c(c1)c(C(=O)NC1CN3CCC1CC3)nn2CC(F)(F)F. The van der Waals surface area contributed by atoms with Crippen molar-refractivity contribution in [3.63, 3.8) is 0 Å². The molecule has 1 atom stereocenters. The number of nitrogen functional groups attached to an aromatic ring is 1. The molecule has 6 nitrogen and oxygen atoms in total. The van der Waals surface area contributed by atoms with E-state index in [-0.39, 0.29) is 17.3 Å². The monoisotopic (exact) mass is 367 g/mol. The fourth-order valence-corrected chi connectivity index (χ4v) is 4.02. The van der Waals surface area contributed by atoms with Gasteiger partial charge in [-0.3, -0.25) is 9.48 Å². The molecular formula is C17H20F3N5O. The molecule has 5 rings (SSSR count). The molecule has 3 N–H and O–H groups in total. The number of piperidine rings is 3. The third-order valence-corrected chi connectivity index (χ3v) is 5.29. The van der Waals surface area contributed by atoms with Crippen LogP contribution in [0.1, 0.15) is 23.3 Å². The number of halogens is 3. The fraction of sp³-hybridized carbons (Fsp3) is 0.529. The number of fused-ring (bicyclic) bond motifs is 4. The van der Waals surface area contributed by atoms with Crippen molar-refractivity contribution in [2.24, 2.45) is 5.92 Å². The Balaban J connectivity index is 1.64. The highest BCUT2D eigenvalue weighted by Crippen LogP contribution is 2.29. The van der Waals surface area contributed by atoms with Crippen molar-refractivity contribution in [2.75, 3.05) is 25.4 Å². The van der Waals surface area contributed by atoms with E-state index in [1.54, 1.807) is 0 Å². The van der Waals surface area contributed by atoms with Crippen LogP contribution in [0.2, 0.25) is 0 Å². The molecule has 0 saturated carbocycles. The standard InChI is InChI=1S/C17H20F3N5O/c18-17(19,20)9-25-14-2-1-11(21)7-12(14)15(23-25)16(26)22-13-8-24-5-3-10(13)4-6-24/h1-2,7,10,13H,3-6,8-9,21H2,(H,22,26). The van der Waals surface area contributed by atoms with Crippen LogP contribution in [0.4, 0.5) is 18.9 Å². The number of alkyl halides is 3. The van der Waals surface area contributed by atoms with Gasteiger partial charge in [-0.1, -0.05) is 0 Å². The van der Waals surface area contributed by atoms with Crippen LogP contribution in [0.5, 0.6) is 0 Å². The van der Waals surface area contributed by atoms with Gasteiger partial charge in [0.05, 0.1) is 5.52 Å². The highest BCUT2D eigenvalue weighted by Gasteiger charge is 2.36. The van der Waals surface area contributed by atoms with Gasteiger partial charge in [-0.2, -0.15) is 18.3 Å². The Kier molecular flexibility index (Phi) is 4.06. The summed E-state index contributed by atoms with van der Waals surface area (Å²) in [5.41, 5.74) is 6.38. The fourth-order valence-electron chi connectivity index (χ4n) is 4.02. The van der Waals surface area contributed by atoms with E-state index in [9.17, 15) is 18.0 Å². The summed E-state index contributed by atoms with van der Waals surface area (Å²) in [5, 5.41) is 7.28. The zero-order valence-electron chi connectivity index (χ0n) is 14.1. The summed E-state index contributed by atoms with van der Waals surface area (Å²) in [7, 11) is 0. The summed E-state index contributed by atoms with van der Waals surface area (Å²) in [4.78, 5) is 15.1. The average molecular weight is 367 g/mol. The van der Waals surface area contributed by atoms with Crippen molar-refractivity contribution in [3.8, 4) is 0 Å². The number of benzene rings is 1. The molecule has 2 bridgehead atoms. The number of anilines is 1. The first-order chi connectivity index (χ1) is 12.3. The van der Waals surface area contributed by atoms with Crippen molar-refractivity contribution in [3.05, 3.63) is 23.9 Å². The second-order valence-corrected chi connectivity index (χ2v) is 7.12. The van der Waals surface area contributed by atoms with Crippen molar-refractivity contribution in [2.45, 2.75) is 31.6 Å². The Morgan fingerprint density at radius 2 is 2.04 bits per heavy atom. The van der Waals surface area contributed by atoms with Crippen LogP contribution in [0.3, 0.4) is 0 Å². The van der Waals surface area contributed by atoms with E-state index >= 15 is 0 Å². The zero-order valence-corrected chi connectivity index (χ0v) is 14.1. The van der Waals surface area contributed by atoms with Crippen LogP contribution < -0.4 is 11.1 Å². The molecule has 3 aliphatic heterocycles. The third-order valence-electron chi connectivity index (χ3n) is 5.29. The number of nitrogens with two attached hydrogens (primary N) is 1. The molecule has 3 aliphatic rings. The quantitative estimate of drug-likeness (QED) is 0.814. The predicted octanol–water partition coefficient (Wildman–Crippen LogP) is 2.00. The average Bonchev–Trinajstić information content (AvgIpc) is 2.92. The summed E-state index contributed by atoms with van der Waals surface area (Å²) in [6.45, 7) is 1.60. The third kappa shape index (κ3) is 3.23. The maximum atomic E-state index is 12.8. The molecule has 0 radical (unpaired) electrons. The number of carbonyl (C=O) groups is 1. The first kappa shape index (κ1) is 17.1. The predicted molar refractivity (Wildman–Crippen MR) is 90.6 cm³/mol. The van der Waals surface area contributed by atoms with Crippen molar-refractivity contribution >= 4 is 22.5 Å². The van der Waals surface area contributed by atoms with E-state index in [0.29, 0.717) is 17.0 Å². The second-order valence-electron chi connectivity index (χ2n) is 7.12. The van der Waals surface area contributed by atoms with Gasteiger partial charge in [-0.25, -0.2) is 0 Å². The molecule has 1 aromatic carbocycles. The molecule has 140 valence electrons. The number of aromatic nitrogens is 2. The lowest BCUT2D eigenvalue weighted by Crippen LogP contribution is -2.57. The number of nitrogens with one attached hydrogen (secondary N) is 1. The van der Waals surface area contributed by atoms with Crippen LogP contribution in [-0.2, 0) is 6.54 Å². The summed E-state index contributed by atoms with van der Waals surface area (Å²) in [6.07, 6.45) is -2.37. The first-order valence-electron chi connectivity index (χ1n) is 8.66. The zero-order chi connectivity index (χ0) is 18.5. The van der Waals surface area contributed by atoms with E-state index in [1.807, 2.05) is 0 Å². The van der Waals surface area contributed by atoms with Crippen LogP contribution >= 0.6 is 0 Å². The van der Waals surface area contributed by atoms with E-state index in [1.165, 1.54) is 18.2 Å². The molecule has 3 saturated heterocycles. The lowest BCUT2D eigenvalue weighted by atomic mass is 9.84. The molecule has 9 heteroatoms. The number of rotatable bonds is 3. The molecular weight excluding hydrogens is 347 g/mol. The van der Waals surface area contributed by atoms with E-state index in [0.717, 1.165) is 37.2 Å². The van der Waals surface area contributed by atoms with E-state index in [2.05, 4.69) is 15.3 Å². The van der Waals surface area contributed by atoms with Gasteiger partial charge >= 0.3 is 6.18 Å². The minimum atomic E-state index is -4.43. The van der Waals surface area contributed by atoms with Crippen LogP contribution in [0.25, 0.3) is 10.9 Å². The number of carbonyl (C=O) groups excluding carboxylic acids is 1. The Morgan fingerprint density at radius 3 is 2.65 bits per heavy atom. The molecule has 1 unspecified atom stereocenters. The summed E-state index contributed by atoms with van der Waals surface area (Å²) in [6, 6.07) is 4.48. The van der Waals surface area contributed by atoms with E-state index < -0.39 is 18.6 Å². The molecule has 2 aromatic rings. The highest BCUT2D eigenvalue weighted by molar-refractivity contribution is 6.05. The molecule has 0 aliphatic carbocycles. The minimum absolute atomic E-state index is 0.00648.